The molecule has 1 heterocycles. The molecule has 1 aromatic rings. The molecule has 0 bridgehead atoms. The van der Waals surface area contributed by atoms with Gasteiger partial charge in [0, 0.05) is 11.2 Å². The second-order valence-corrected chi connectivity index (χ2v) is 4.21. The van der Waals surface area contributed by atoms with E-state index in [1.54, 1.807) is 6.07 Å². The van der Waals surface area contributed by atoms with E-state index in [1.165, 1.54) is 6.07 Å². The fourth-order valence-corrected chi connectivity index (χ4v) is 2.29. The normalized spacial score (nSPS) is 26.7. The Labute approximate surface area is 91.4 Å². The Balaban J connectivity index is 2.13. The number of hydrogen-bond acceptors (Lipinski definition) is 1. The molecule has 1 aromatic carbocycles. The molecule has 2 rings (SSSR count). The fraction of sp³-hybridized carbons (Fsp3) is 0.455. The molecule has 0 spiro atoms. The van der Waals surface area contributed by atoms with Gasteiger partial charge in [0.1, 0.15) is 5.82 Å². The first-order chi connectivity index (χ1) is 6.81. The molecule has 0 amide bonds. The van der Waals surface area contributed by atoms with E-state index in [9.17, 15) is 4.39 Å². The summed E-state index contributed by atoms with van der Waals surface area (Å²) >= 11 is 3.38. The Morgan fingerprint density at radius 2 is 2.21 bits per heavy atom. The van der Waals surface area contributed by atoms with Crippen molar-refractivity contribution >= 4 is 15.9 Å². The number of rotatable bonds is 2. The van der Waals surface area contributed by atoms with E-state index >= 15 is 0 Å². The summed E-state index contributed by atoms with van der Waals surface area (Å²) in [5.41, 5.74) is 0.788. The Morgan fingerprint density at radius 1 is 1.43 bits per heavy atom. The highest BCUT2D eigenvalue weighted by molar-refractivity contribution is 9.09. The van der Waals surface area contributed by atoms with Crippen LogP contribution in [0.2, 0.25) is 0 Å². The van der Waals surface area contributed by atoms with Crippen molar-refractivity contribution in [3.8, 4) is 0 Å². The van der Waals surface area contributed by atoms with Crippen LogP contribution < -0.4 is 0 Å². The van der Waals surface area contributed by atoms with Crippen molar-refractivity contribution in [2.45, 2.75) is 18.4 Å². The lowest BCUT2D eigenvalue weighted by molar-refractivity contribution is 0.127. The lowest BCUT2D eigenvalue weighted by atomic mass is 9.96. The Bertz CT molecular complexity index is 316. The number of benzene rings is 1. The third-order valence-corrected chi connectivity index (χ3v) is 3.32. The standard InChI is InChI=1S/C11H12BrFO/c12-6-9-5-8(7-14-9)10-3-1-2-4-11(10)13/h1-4,8-9H,5-7H2/t8-,9+/m0/s1. The maximum Gasteiger partial charge on any atom is 0.126 e. The van der Waals surface area contributed by atoms with E-state index in [1.807, 2.05) is 12.1 Å². The van der Waals surface area contributed by atoms with Crippen LogP contribution in [0.4, 0.5) is 4.39 Å². The van der Waals surface area contributed by atoms with Gasteiger partial charge in [-0.1, -0.05) is 34.1 Å². The van der Waals surface area contributed by atoms with Gasteiger partial charge >= 0.3 is 0 Å². The monoisotopic (exact) mass is 258 g/mol. The molecule has 1 saturated heterocycles. The van der Waals surface area contributed by atoms with E-state index in [-0.39, 0.29) is 17.8 Å². The number of hydrogen-bond donors (Lipinski definition) is 0. The quantitative estimate of drug-likeness (QED) is 0.741. The molecule has 76 valence electrons. The Hall–Kier alpha value is -0.410. The Morgan fingerprint density at radius 3 is 2.86 bits per heavy atom. The average Bonchev–Trinajstić information content (AvgIpc) is 2.67. The summed E-state index contributed by atoms with van der Waals surface area (Å²) in [5.74, 6) is 0.107. The van der Waals surface area contributed by atoms with Crippen molar-refractivity contribution in [1.29, 1.82) is 0 Å². The molecule has 0 radical (unpaired) electrons. The number of alkyl halides is 1. The molecular formula is C11H12BrFO. The van der Waals surface area contributed by atoms with Gasteiger partial charge in [0.05, 0.1) is 12.7 Å². The molecule has 0 N–H and O–H groups in total. The van der Waals surface area contributed by atoms with Crippen molar-refractivity contribution in [1.82, 2.24) is 0 Å². The lowest BCUT2D eigenvalue weighted by Gasteiger charge is -2.08. The Kier molecular flexibility index (Phi) is 3.19. The first-order valence-electron chi connectivity index (χ1n) is 4.73. The van der Waals surface area contributed by atoms with Gasteiger partial charge in [0.25, 0.3) is 0 Å². The predicted octanol–water partition coefficient (Wildman–Crippen LogP) is 3.09. The van der Waals surface area contributed by atoms with Crippen molar-refractivity contribution in [2.24, 2.45) is 0 Å². The van der Waals surface area contributed by atoms with Gasteiger partial charge in [-0.15, -0.1) is 0 Å². The van der Waals surface area contributed by atoms with Crippen LogP contribution in [-0.2, 0) is 4.74 Å². The molecule has 2 atom stereocenters. The van der Waals surface area contributed by atoms with E-state index in [2.05, 4.69) is 15.9 Å². The van der Waals surface area contributed by atoms with E-state index in [0.29, 0.717) is 6.61 Å². The SMILES string of the molecule is Fc1ccccc1[C@@H]1CO[C@@H](CBr)C1. The highest BCUT2D eigenvalue weighted by atomic mass is 79.9. The first-order valence-corrected chi connectivity index (χ1v) is 5.85. The van der Waals surface area contributed by atoms with Crippen molar-refractivity contribution < 1.29 is 9.13 Å². The molecular weight excluding hydrogens is 247 g/mol. The molecule has 14 heavy (non-hydrogen) atoms. The van der Waals surface area contributed by atoms with Crippen LogP contribution in [0.3, 0.4) is 0 Å². The third-order valence-electron chi connectivity index (χ3n) is 2.60. The zero-order valence-corrected chi connectivity index (χ0v) is 9.34. The zero-order chi connectivity index (χ0) is 9.97. The van der Waals surface area contributed by atoms with Crippen LogP contribution in [0.1, 0.15) is 17.9 Å². The second-order valence-electron chi connectivity index (χ2n) is 3.56. The van der Waals surface area contributed by atoms with E-state index in [0.717, 1.165) is 17.3 Å². The minimum absolute atomic E-state index is 0.115. The summed E-state index contributed by atoms with van der Waals surface area (Å²) in [5, 5.41) is 0.831. The first kappa shape index (κ1) is 10.1. The highest BCUT2D eigenvalue weighted by Crippen LogP contribution is 2.31. The van der Waals surface area contributed by atoms with Gasteiger partial charge in [-0.2, -0.15) is 0 Å². The molecule has 0 unspecified atom stereocenters. The lowest BCUT2D eigenvalue weighted by Crippen LogP contribution is -2.05. The minimum atomic E-state index is -0.115. The van der Waals surface area contributed by atoms with Crippen LogP contribution >= 0.6 is 15.9 Å². The fourth-order valence-electron chi connectivity index (χ4n) is 1.84. The minimum Gasteiger partial charge on any atom is -0.377 e. The molecule has 1 fully saturated rings. The molecule has 0 saturated carbocycles. The van der Waals surface area contributed by atoms with E-state index < -0.39 is 0 Å². The average molecular weight is 259 g/mol. The molecule has 1 nitrogen and oxygen atoms in total. The largest absolute Gasteiger partial charge is 0.377 e. The van der Waals surface area contributed by atoms with Crippen LogP contribution in [0.5, 0.6) is 0 Å². The third kappa shape index (κ3) is 1.98. The maximum atomic E-state index is 13.4. The van der Waals surface area contributed by atoms with E-state index in [4.69, 9.17) is 4.74 Å². The summed E-state index contributed by atoms with van der Waals surface area (Å²) < 4.78 is 18.9. The van der Waals surface area contributed by atoms with Gasteiger partial charge in [-0.25, -0.2) is 4.39 Å². The van der Waals surface area contributed by atoms with Crippen LogP contribution in [0.15, 0.2) is 24.3 Å². The van der Waals surface area contributed by atoms with Crippen LogP contribution in [-0.4, -0.2) is 18.0 Å². The van der Waals surface area contributed by atoms with Crippen LogP contribution in [0.25, 0.3) is 0 Å². The smallest absolute Gasteiger partial charge is 0.126 e. The van der Waals surface area contributed by atoms with Gasteiger partial charge in [-0.05, 0) is 18.1 Å². The maximum absolute atomic E-state index is 13.4. The van der Waals surface area contributed by atoms with Crippen LogP contribution in [0, 0.1) is 5.82 Å². The molecule has 0 aliphatic carbocycles. The highest BCUT2D eigenvalue weighted by Gasteiger charge is 2.27. The van der Waals surface area contributed by atoms with Crippen molar-refractivity contribution in [3.05, 3.63) is 35.6 Å². The predicted molar refractivity (Wildman–Crippen MR) is 57.3 cm³/mol. The summed E-state index contributed by atoms with van der Waals surface area (Å²) in [6.45, 7) is 0.636. The number of halogens is 2. The van der Waals surface area contributed by atoms with Gasteiger partial charge in [-0.3, -0.25) is 0 Å². The van der Waals surface area contributed by atoms with Crippen molar-refractivity contribution in [2.75, 3.05) is 11.9 Å². The van der Waals surface area contributed by atoms with Crippen molar-refractivity contribution in [3.63, 3.8) is 0 Å². The molecule has 0 aromatic heterocycles. The molecule has 3 heteroatoms. The second kappa shape index (κ2) is 4.41. The van der Waals surface area contributed by atoms with Gasteiger partial charge in [0.2, 0.25) is 0 Å². The topological polar surface area (TPSA) is 9.23 Å². The summed E-state index contributed by atoms with van der Waals surface area (Å²) in [4.78, 5) is 0. The van der Waals surface area contributed by atoms with Gasteiger partial charge < -0.3 is 4.74 Å². The zero-order valence-electron chi connectivity index (χ0n) is 7.75. The summed E-state index contributed by atoms with van der Waals surface area (Å²) in [6, 6.07) is 6.95. The molecule has 1 aliphatic rings. The number of ether oxygens (including phenoxy) is 1. The molecule has 1 aliphatic heterocycles. The summed E-state index contributed by atoms with van der Waals surface area (Å²) in [6.07, 6.45) is 1.14. The summed E-state index contributed by atoms with van der Waals surface area (Å²) in [7, 11) is 0. The van der Waals surface area contributed by atoms with Gasteiger partial charge in [0.15, 0.2) is 0 Å².